The van der Waals surface area contributed by atoms with Gasteiger partial charge in [0.1, 0.15) is 11.6 Å². The molecule has 1 rings (SSSR count). The van der Waals surface area contributed by atoms with E-state index in [0.29, 0.717) is 6.07 Å². The minimum absolute atomic E-state index is 0.103. The zero-order valence-electron chi connectivity index (χ0n) is 9.05. The van der Waals surface area contributed by atoms with Crippen LogP contribution < -0.4 is 5.73 Å². The number of carboxylic acid groups (broad SMARTS) is 1. The number of carboxylic acids is 1. The molecule has 0 aromatic heterocycles. The largest absolute Gasteiger partial charge is 0.478 e. The molecule has 0 fully saturated rings. The third-order valence-corrected chi connectivity index (χ3v) is 2.01. The molecule has 88 valence electrons. The number of aromatic carboxylic acids is 1. The Morgan fingerprint density at radius 2 is 1.94 bits per heavy atom. The topological polar surface area (TPSA) is 63.3 Å². The van der Waals surface area contributed by atoms with Crippen molar-refractivity contribution in [2.75, 3.05) is 0 Å². The number of nitrogens with two attached hydrogens (primary N) is 1. The molecule has 0 unspecified atom stereocenters. The molecule has 0 saturated carbocycles. The molecule has 0 heterocycles. The van der Waals surface area contributed by atoms with Crippen LogP contribution in [0.4, 0.5) is 8.78 Å². The van der Waals surface area contributed by atoms with Crippen LogP contribution in [0.3, 0.4) is 0 Å². The summed E-state index contributed by atoms with van der Waals surface area (Å²) in [6.45, 7) is 3.35. The van der Waals surface area contributed by atoms with Gasteiger partial charge in [0.05, 0.1) is 5.56 Å². The normalized spacial score (nSPS) is 11.6. The van der Waals surface area contributed by atoms with Gasteiger partial charge in [-0.25, -0.2) is 13.6 Å². The van der Waals surface area contributed by atoms with E-state index >= 15 is 0 Å². The molecule has 1 aromatic carbocycles. The van der Waals surface area contributed by atoms with Gasteiger partial charge < -0.3 is 10.8 Å². The maximum absolute atomic E-state index is 13.3. The molecule has 16 heavy (non-hydrogen) atoms. The first kappa shape index (κ1) is 12.6. The van der Waals surface area contributed by atoms with Crippen molar-refractivity contribution in [3.63, 3.8) is 0 Å². The van der Waals surface area contributed by atoms with Crippen LogP contribution >= 0.6 is 0 Å². The smallest absolute Gasteiger partial charge is 0.338 e. The first-order valence-corrected chi connectivity index (χ1v) is 4.71. The molecule has 0 spiro atoms. The van der Waals surface area contributed by atoms with E-state index < -0.39 is 28.7 Å². The molecule has 5 heteroatoms. The minimum atomic E-state index is -1.42. The lowest BCUT2D eigenvalue weighted by Gasteiger charge is -2.19. The van der Waals surface area contributed by atoms with Crippen LogP contribution in [-0.4, -0.2) is 16.6 Å². The highest BCUT2D eigenvalue weighted by molar-refractivity contribution is 5.88. The lowest BCUT2D eigenvalue weighted by atomic mass is 9.94. The standard InChI is InChI=1S/C11H13F2NO2/c1-11(2,14)5-6-3-7(10(15)16)9(13)4-8(6)12/h3-4H,5,14H2,1-2H3,(H,15,16). The molecule has 1 aromatic rings. The van der Waals surface area contributed by atoms with E-state index in [9.17, 15) is 13.6 Å². The molecule has 3 nitrogen and oxygen atoms in total. The Hall–Kier alpha value is -1.49. The van der Waals surface area contributed by atoms with Gasteiger partial charge in [0.25, 0.3) is 0 Å². The van der Waals surface area contributed by atoms with Crippen molar-refractivity contribution in [3.05, 3.63) is 34.9 Å². The quantitative estimate of drug-likeness (QED) is 0.832. The Balaban J connectivity index is 3.20. The van der Waals surface area contributed by atoms with Gasteiger partial charge >= 0.3 is 5.97 Å². The van der Waals surface area contributed by atoms with Crippen LogP contribution in [0.5, 0.6) is 0 Å². The molecule has 0 amide bonds. The Labute approximate surface area is 91.9 Å². The van der Waals surface area contributed by atoms with Crippen LogP contribution in [-0.2, 0) is 6.42 Å². The molecule has 0 radical (unpaired) electrons. The first-order chi connectivity index (χ1) is 7.20. The van der Waals surface area contributed by atoms with Crippen molar-refractivity contribution in [1.29, 1.82) is 0 Å². The lowest BCUT2D eigenvalue weighted by molar-refractivity contribution is 0.0691. The zero-order chi connectivity index (χ0) is 12.5. The number of hydrogen-bond donors (Lipinski definition) is 2. The summed E-state index contributed by atoms with van der Waals surface area (Å²) in [7, 11) is 0. The van der Waals surface area contributed by atoms with Gasteiger partial charge in [-0.3, -0.25) is 0 Å². The Morgan fingerprint density at radius 1 is 1.38 bits per heavy atom. The van der Waals surface area contributed by atoms with Crippen LogP contribution in [0.15, 0.2) is 12.1 Å². The third kappa shape index (κ3) is 3.00. The van der Waals surface area contributed by atoms with Crippen molar-refractivity contribution in [3.8, 4) is 0 Å². The second-order valence-corrected chi connectivity index (χ2v) is 4.39. The van der Waals surface area contributed by atoms with Gasteiger partial charge in [-0.15, -0.1) is 0 Å². The molecular weight excluding hydrogens is 216 g/mol. The van der Waals surface area contributed by atoms with Crippen molar-refractivity contribution in [2.45, 2.75) is 25.8 Å². The van der Waals surface area contributed by atoms with Crippen molar-refractivity contribution < 1.29 is 18.7 Å². The second-order valence-electron chi connectivity index (χ2n) is 4.39. The summed E-state index contributed by atoms with van der Waals surface area (Å²) in [4.78, 5) is 10.7. The SMILES string of the molecule is CC(C)(N)Cc1cc(C(=O)O)c(F)cc1F. The highest BCUT2D eigenvalue weighted by atomic mass is 19.1. The summed E-state index contributed by atoms with van der Waals surface area (Å²) in [5, 5.41) is 8.69. The van der Waals surface area contributed by atoms with E-state index in [0.717, 1.165) is 6.07 Å². The van der Waals surface area contributed by atoms with E-state index in [2.05, 4.69) is 0 Å². The van der Waals surface area contributed by atoms with Gasteiger partial charge in [0.15, 0.2) is 0 Å². The fourth-order valence-electron chi connectivity index (χ4n) is 1.38. The molecule has 0 aliphatic rings. The molecule has 0 aliphatic heterocycles. The number of halogens is 2. The first-order valence-electron chi connectivity index (χ1n) is 4.71. The van der Waals surface area contributed by atoms with E-state index in [1.165, 1.54) is 0 Å². The number of hydrogen-bond acceptors (Lipinski definition) is 2. The molecular formula is C11H13F2NO2. The van der Waals surface area contributed by atoms with E-state index in [1.54, 1.807) is 13.8 Å². The van der Waals surface area contributed by atoms with Gasteiger partial charge in [0.2, 0.25) is 0 Å². The van der Waals surface area contributed by atoms with Gasteiger partial charge in [-0.1, -0.05) is 0 Å². The maximum Gasteiger partial charge on any atom is 0.338 e. The zero-order valence-corrected chi connectivity index (χ0v) is 9.05. The third-order valence-electron chi connectivity index (χ3n) is 2.01. The molecule has 0 aliphatic carbocycles. The van der Waals surface area contributed by atoms with Crippen molar-refractivity contribution in [2.24, 2.45) is 5.73 Å². The predicted molar refractivity (Wildman–Crippen MR) is 55.3 cm³/mol. The van der Waals surface area contributed by atoms with Crippen molar-refractivity contribution in [1.82, 2.24) is 0 Å². The molecule has 0 saturated heterocycles. The summed E-state index contributed by atoms with van der Waals surface area (Å²) in [5.41, 5.74) is 4.57. The molecule has 3 N–H and O–H groups in total. The van der Waals surface area contributed by atoms with E-state index in [4.69, 9.17) is 10.8 Å². The average molecular weight is 229 g/mol. The number of carbonyl (C=O) groups is 1. The minimum Gasteiger partial charge on any atom is -0.478 e. The van der Waals surface area contributed by atoms with Crippen LogP contribution in [0.2, 0.25) is 0 Å². The second kappa shape index (κ2) is 4.17. The van der Waals surface area contributed by atoms with Crippen LogP contribution in [0.1, 0.15) is 29.8 Å². The number of rotatable bonds is 3. The monoisotopic (exact) mass is 229 g/mol. The summed E-state index contributed by atoms with van der Waals surface area (Å²) in [6.07, 6.45) is 0.138. The summed E-state index contributed by atoms with van der Waals surface area (Å²) < 4.78 is 26.4. The Kier molecular flexibility index (Phi) is 3.28. The Bertz CT molecular complexity index is 425. The van der Waals surface area contributed by atoms with Crippen molar-refractivity contribution >= 4 is 5.97 Å². The van der Waals surface area contributed by atoms with Crippen LogP contribution in [0.25, 0.3) is 0 Å². The maximum atomic E-state index is 13.3. The summed E-state index contributed by atoms with van der Waals surface area (Å²) >= 11 is 0. The van der Waals surface area contributed by atoms with E-state index in [-0.39, 0.29) is 12.0 Å². The lowest BCUT2D eigenvalue weighted by Crippen LogP contribution is -2.34. The molecule has 0 atom stereocenters. The summed E-state index contributed by atoms with van der Waals surface area (Å²) in [6, 6.07) is 1.56. The highest BCUT2D eigenvalue weighted by Gasteiger charge is 2.19. The average Bonchev–Trinajstić information content (AvgIpc) is 2.07. The van der Waals surface area contributed by atoms with E-state index in [1.807, 2.05) is 0 Å². The van der Waals surface area contributed by atoms with Crippen LogP contribution in [0, 0.1) is 11.6 Å². The predicted octanol–water partition coefficient (Wildman–Crippen LogP) is 1.94. The fourth-order valence-corrected chi connectivity index (χ4v) is 1.38. The van der Waals surface area contributed by atoms with Gasteiger partial charge in [0, 0.05) is 11.6 Å². The fraction of sp³-hybridized carbons (Fsp3) is 0.364. The Morgan fingerprint density at radius 3 is 2.38 bits per heavy atom. The van der Waals surface area contributed by atoms with Gasteiger partial charge in [-0.2, -0.15) is 0 Å². The highest BCUT2D eigenvalue weighted by Crippen LogP contribution is 2.19. The summed E-state index contributed by atoms with van der Waals surface area (Å²) in [5.74, 6) is -3.28. The molecule has 0 bridgehead atoms. The van der Waals surface area contributed by atoms with Gasteiger partial charge in [-0.05, 0) is 31.9 Å². The number of benzene rings is 1.